The van der Waals surface area contributed by atoms with Crippen LogP contribution in [0.3, 0.4) is 0 Å². The van der Waals surface area contributed by atoms with Crippen molar-refractivity contribution in [2.24, 2.45) is 0 Å². The van der Waals surface area contributed by atoms with Gasteiger partial charge in [0.05, 0.1) is 12.2 Å². The standard InChI is InChI=1S/C23H25ClN2O2S/c1-4-17(3)26(23(27)21-8-6-5-7-16(21)2)13-19-15-29-22(25-19)14-28-20-11-9-18(24)10-12-20/h5-12,15,17H,4,13-14H2,1-3H3. The lowest BCUT2D eigenvalue weighted by Crippen LogP contribution is -2.38. The second-order valence-corrected chi connectivity index (χ2v) is 8.36. The summed E-state index contributed by atoms with van der Waals surface area (Å²) in [6, 6.07) is 15.1. The molecule has 1 aromatic heterocycles. The molecular formula is C23H25ClN2O2S. The SMILES string of the molecule is CCC(C)N(Cc1csc(COc2ccc(Cl)cc2)n1)C(=O)c1ccccc1C. The van der Waals surface area contributed by atoms with Gasteiger partial charge < -0.3 is 9.64 Å². The Morgan fingerprint density at radius 3 is 2.62 bits per heavy atom. The number of carbonyl (C=O) groups is 1. The highest BCUT2D eigenvalue weighted by Gasteiger charge is 2.23. The number of rotatable bonds is 8. The van der Waals surface area contributed by atoms with Crippen LogP contribution in [0.15, 0.2) is 53.9 Å². The number of thiazole rings is 1. The van der Waals surface area contributed by atoms with Gasteiger partial charge in [0.25, 0.3) is 5.91 Å². The van der Waals surface area contributed by atoms with Gasteiger partial charge in [0.15, 0.2) is 0 Å². The van der Waals surface area contributed by atoms with E-state index in [1.165, 1.54) is 0 Å². The van der Waals surface area contributed by atoms with E-state index in [0.717, 1.165) is 34.0 Å². The van der Waals surface area contributed by atoms with E-state index >= 15 is 0 Å². The Balaban J connectivity index is 1.69. The minimum Gasteiger partial charge on any atom is -0.486 e. The van der Waals surface area contributed by atoms with Crippen LogP contribution in [0.1, 0.15) is 46.9 Å². The number of aromatic nitrogens is 1. The molecule has 3 rings (SSSR count). The highest BCUT2D eigenvalue weighted by Crippen LogP contribution is 2.21. The fourth-order valence-corrected chi connectivity index (χ4v) is 3.78. The number of nitrogens with zero attached hydrogens (tertiary/aromatic N) is 2. The highest BCUT2D eigenvalue weighted by atomic mass is 35.5. The predicted octanol–water partition coefficient (Wildman–Crippen LogP) is 6.12. The molecule has 6 heteroatoms. The summed E-state index contributed by atoms with van der Waals surface area (Å²) in [6.45, 7) is 7.01. The quantitative estimate of drug-likeness (QED) is 0.433. The van der Waals surface area contributed by atoms with Crippen LogP contribution in [-0.2, 0) is 13.2 Å². The molecule has 1 unspecified atom stereocenters. The smallest absolute Gasteiger partial charge is 0.254 e. The molecule has 152 valence electrons. The van der Waals surface area contributed by atoms with Gasteiger partial charge in [0.1, 0.15) is 17.4 Å². The maximum atomic E-state index is 13.2. The summed E-state index contributed by atoms with van der Waals surface area (Å²) < 4.78 is 5.78. The number of halogens is 1. The number of aryl methyl sites for hydroxylation is 1. The first-order valence-electron chi connectivity index (χ1n) is 9.66. The van der Waals surface area contributed by atoms with E-state index < -0.39 is 0 Å². The van der Waals surface area contributed by atoms with Crippen molar-refractivity contribution in [2.45, 2.75) is 46.4 Å². The lowest BCUT2D eigenvalue weighted by atomic mass is 10.1. The van der Waals surface area contributed by atoms with E-state index in [0.29, 0.717) is 18.2 Å². The summed E-state index contributed by atoms with van der Waals surface area (Å²) in [5.41, 5.74) is 2.61. The summed E-state index contributed by atoms with van der Waals surface area (Å²) >= 11 is 7.44. The largest absolute Gasteiger partial charge is 0.486 e. The molecule has 0 radical (unpaired) electrons. The fraction of sp³-hybridized carbons (Fsp3) is 0.304. The molecule has 1 heterocycles. The Hall–Kier alpha value is -2.37. The van der Waals surface area contributed by atoms with Gasteiger partial charge >= 0.3 is 0 Å². The third-order valence-corrected chi connectivity index (χ3v) is 5.99. The van der Waals surface area contributed by atoms with Crippen LogP contribution in [0, 0.1) is 6.92 Å². The van der Waals surface area contributed by atoms with Crippen molar-refractivity contribution in [3.8, 4) is 5.75 Å². The van der Waals surface area contributed by atoms with Crippen LogP contribution in [0.25, 0.3) is 0 Å². The zero-order chi connectivity index (χ0) is 20.8. The average Bonchev–Trinajstić information content (AvgIpc) is 3.18. The zero-order valence-corrected chi connectivity index (χ0v) is 18.5. The minimum absolute atomic E-state index is 0.0458. The molecule has 0 aliphatic carbocycles. The fourth-order valence-electron chi connectivity index (χ4n) is 2.95. The molecular weight excluding hydrogens is 404 g/mol. The molecule has 0 saturated carbocycles. The number of hydrogen-bond donors (Lipinski definition) is 0. The summed E-state index contributed by atoms with van der Waals surface area (Å²) in [7, 11) is 0. The van der Waals surface area contributed by atoms with E-state index in [-0.39, 0.29) is 11.9 Å². The van der Waals surface area contributed by atoms with Crippen molar-refractivity contribution in [1.82, 2.24) is 9.88 Å². The molecule has 1 amide bonds. The van der Waals surface area contributed by atoms with Crippen LogP contribution in [0.4, 0.5) is 0 Å². The molecule has 3 aromatic rings. The lowest BCUT2D eigenvalue weighted by Gasteiger charge is -2.28. The van der Waals surface area contributed by atoms with Crippen LogP contribution in [-0.4, -0.2) is 21.8 Å². The molecule has 2 aromatic carbocycles. The van der Waals surface area contributed by atoms with Crippen LogP contribution < -0.4 is 4.74 Å². The molecule has 0 spiro atoms. The Bertz CT molecular complexity index is 956. The van der Waals surface area contributed by atoms with Crippen LogP contribution in [0.5, 0.6) is 5.75 Å². The molecule has 0 bridgehead atoms. The van der Waals surface area contributed by atoms with Gasteiger partial charge in [-0.15, -0.1) is 11.3 Å². The van der Waals surface area contributed by atoms with E-state index in [1.807, 2.05) is 53.6 Å². The van der Waals surface area contributed by atoms with Gasteiger partial charge in [-0.2, -0.15) is 0 Å². The Kier molecular flexibility index (Phi) is 7.29. The van der Waals surface area contributed by atoms with Gasteiger partial charge in [-0.1, -0.05) is 36.7 Å². The highest BCUT2D eigenvalue weighted by molar-refractivity contribution is 7.09. The first kappa shape index (κ1) is 21.3. The predicted molar refractivity (Wildman–Crippen MR) is 119 cm³/mol. The summed E-state index contributed by atoms with van der Waals surface area (Å²) in [5.74, 6) is 0.798. The van der Waals surface area contributed by atoms with Crippen molar-refractivity contribution < 1.29 is 9.53 Å². The molecule has 0 fully saturated rings. The van der Waals surface area contributed by atoms with E-state index in [1.54, 1.807) is 23.5 Å². The molecule has 0 N–H and O–H groups in total. The summed E-state index contributed by atoms with van der Waals surface area (Å²) in [6.07, 6.45) is 0.883. The molecule has 0 saturated heterocycles. The van der Waals surface area contributed by atoms with Gasteiger partial charge in [0.2, 0.25) is 0 Å². The second kappa shape index (κ2) is 9.90. The van der Waals surface area contributed by atoms with Gasteiger partial charge in [0, 0.05) is 22.0 Å². The number of hydrogen-bond acceptors (Lipinski definition) is 4. The monoisotopic (exact) mass is 428 g/mol. The maximum Gasteiger partial charge on any atom is 0.254 e. The molecule has 0 aliphatic heterocycles. The Morgan fingerprint density at radius 2 is 1.93 bits per heavy atom. The third-order valence-electron chi connectivity index (χ3n) is 4.87. The van der Waals surface area contributed by atoms with Crippen molar-refractivity contribution in [3.05, 3.63) is 80.8 Å². The third kappa shape index (κ3) is 5.58. The molecule has 4 nitrogen and oxygen atoms in total. The van der Waals surface area contributed by atoms with E-state index in [2.05, 4.69) is 18.8 Å². The minimum atomic E-state index is 0.0458. The van der Waals surface area contributed by atoms with Crippen molar-refractivity contribution >= 4 is 28.8 Å². The summed E-state index contributed by atoms with van der Waals surface area (Å²) in [5, 5.41) is 3.56. The normalized spacial score (nSPS) is 11.9. The lowest BCUT2D eigenvalue weighted by molar-refractivity contribution is 0.0668. The van der Waals surface area contributed by atoms with Crippen LogP contribution in [0.2, 0.25) is 5.02 Å². The second-order valence-electron chi connectivity index (χ2n) is 6.98. The van der Waals surface area contributed by atoms with Gasteiger partial charge in [-0.05, 0) is 56.2 Å². The average molecular weight is 429 g/mol. The van der Waals surface area contributed by atoms with Crippen molar-refractivity contribution in [3.63, 3.8) is 0 Å². The number of ether oxygens (including phenoxy) is 1. The van der Waals surface area contributed by atoms with E-state index in [9.17, 15) is 4.79 Å². The first-order valence-corrected chi connectivity index (χ1v) is 10.9. The Morgan fingerprint density at radius 1 is 1.21 bits per heavy atom. The van der Waals surface area contributed by atoms with Crippen molar-refractivity contribution in [1.29, 1.82) is 0 Å². The molecule has 1 atom stereocenters. The Labute approximate surface area is 181 Å². The first-order chi connectivity index (χ1) is 14.0. The number of benzene rings is 2. The molecule has 0 aliphatic rings. The van der Waals surface area contributed by atoms with Crippen LogP contribution >= 0.6 is 22.9 Å². The maximum absolute atomic E-state index is 13.2. The van der Waals surface area contributed by atoms with Gasteiger partial charge in [-0.25, -0.2) is 4.98 Å². The number of amides is 1. The van der Waals surface area contributed by atoms with E-state index in [4.69, 9.17) is 16.3 Å². The zero-order valence-electron chi connectivity index (χ0n) is 16.9. The van der Waals surface area contributed by atoms with Crippen molar-refractivity contribution in [2.75, 3.05) is 0 Å². The number of carbonyl (C=O) groups excluding carboxylic acids is 1. The van der Waals surface area contributed by atoms with Gasteiger partial charge in [-0.3, -0.25) is 4.79 Å². The summed E-state index contributed by atoms with van der Waals surface area (Å²) in [4.78, 5) is 19.8. The molecule has 29 heavy (non-hydrogen) atoms. The topological polar surface area (TPSA) is 42.4 Å².